The Bertz CT molecular complexity index is 611. The zero-order valence-corrected chi connectivity index (χ0v) is 9.30. The quantitative estimate of drug-likeness (QED) is 0.501. The van der Waals surface area contributed by atoms with Gasteiger partial charge >= 0.3 is 15.8 Å². The van der Waals surface area contributed by atoms with Crippen LogP contribution in [0.15, 0.2) is 17.0 Å². The lowest BCUT2D eigenvalue weighted by molar-refractivity contribution is -0.399. The number of nitrogens with zero attached hydrogens (tertiary/aromatic N) is 2. The normalized spacial score (nSPS) is 11.2. The summed E-state index contributed by atoms with van der Waals surface area (Å²) in [4.78, 5) is 17.3. The Labute approximate surface area is 98.7 Å². The first-order valence-corrected chi connectivity index (χ1v) is 5.57. The van der Waals surface area contributed by atoms with Gasteiger partial charge in [-0.25, -0.2) is 0 Å². The lowest BCUT2D eigenvalue weighted by Gasteiger charge is -2.02. The van der Waals surface area contributed by atoms with Gasteiger partial charge < -0.3 is 0 Å². The van der Waals surface area contributed by atoms with Gasteiger partial charge in [-0.2, -0.15) is 8.42 Å². The summed E-state index contributed by atoms with van der Waals surface area (Å²) in [5.74, 6) is 0. The van der Waals surface area contributed by atoms with Crippen LogP contribution in [-0.4, -0.2) is 22.8 Å². The molecule has 0 fully saturated rings. The van der Waals surface area contributed by atoms with E-state index in [1.54, 1.807) is 0 Å². The summed E-state index contributed by atoms with van der Waals surface area (Å²) in [5.41, 5.74) is -2.35. The summed E-state index contributed by atoms with van der Waals surface area (Å²) in [5, 5.41) is 20.5. The zero-order valence-electron chi connectivity index (χ0n) is 7.73. The van der Waals surface area contributed by atoms with Gasteiger partial charge in [0.1, 0.15) is 5.02 Å². The van der Waals surface area contributed by atoms with E-state index in [0.717, 1.165) is 6.07 Å². The van der Waals surface area contributed by atoms with Gasteiger partial charge in [-0.15, -0.1) is 0 Å². The molecular weight excluding hydrogens is 280 g/mol. The van der Waals surface area contributed by atoms with Crippen LogP contribution in [0.5, 0.6) is 0 Å². The van der Waals surface area contributed by atoms with E-state index in [1.165, 1.54) is 0 Å². The van der Waals surface area contributed by atoms with Gasteiger partial charge in [-0.1, -0.05) is 11.6 Å². The number of nitro groups is 2. The number of hydrogen-bond acceptors (Lipinski definition) is 6. The van der Waals surface area contributed by atoms with Crippen molar-refractivity contribution in [1.82, 2.24) is 0 Å². The summed E-state index contributed by atoms with van der Waals surface area (Å²) in [6.45, 7) is 0. The highest BCUT2D eigenvalue weighted by molar-refractivity contribution is 7.86. The molecule has 92 valence electrons. The Morgan fingerprint density at radius 1 is 1.18 bits per heavy atom. The summed E-state index contributed by atoms with van der Waals surface area (Å²) >= 11 is 5.37. The van der Waals surface area contributed by atoms with Crippen LogP contribution in [0.25, 0.3) is 0 Å². The molecule has 0 radical (unpaired) electrons. The molecule has 0 aliphatic carbocycles. The molecule has 0 atom stereocenters. The molecule has 0 bridgehead atoms. The van der Waals surface area contributed by atoms with Crippen LogP contribution in [0.4, 0.5) is 11.4 Å². The van der Waals surface area contributed by atoms with Gasteiger partial charge in [0.05, 0.1) is 9.85 Å². The van der Waals surface area contributed by atoms with E-state index in [0.29, 0.717) is 6.07 Å². The van der Waals surface area contributed by atoms with Gasteiger partial charge in [-0.3, -0.25) is 24.8 Å². The maximum Gasteiger partial charge on any atom is 0.316 e. The van der Waals surface area contributed by atoms with Crippen molar-refractivity contribution < 1.29 is 22.8 Å². The second-order valence-corrected chi connectivity index (χ2v) is 4.50. The predicted octanol–water partition coefficient (Wildman–Crippen LogP) is 1.40. The van der Waals surface area contributed by atoms with Crippen LogP contribution in [0.3, 0.4) is 0 Å². The Balaban J connectivity index is 3.88. The third-order valence-corrected chi connectivity index (χ3v) is 2.92. The molecular formula is C6H3ClN2O7S. The van der Waals surface area contributed by atoms with Crippen molar-refractivity contribution in [3.05, 3.63) is 37.4 Å². The monoisotopic (exact) mass is 282 g/mol. The molecule has 1 aromatic carbocycles. The molecule has 0 spiro atoms. The van der Waals surface area contributed by atoms with Gasteiger partial charge in [0.2, 0.25) is 4.90 Å². The van der Waals surface area contributed by atoms with E-state index in [-0.39, 0.29) is 0 Å². The molecule has 0 saturated heterocycles. The summed E-state index contributed by atoms with van der Waals surface area (Å²) in [6.07, 6.45) is 0. The number of benzene rings is 1. The van der Waals surface area contributed by atoms with E-state index in [1.807, 2.05) is 0 Å². The van der Waals surface area contributed by atoms with Crippen molar-refractivity contribution >= 4 is 33.1 Å². The molecule has 11 heteroatoms. The molecule has 0 aliphatic heterocycles. The van der Waals surface area contributed by atoms with E-state index in [4.69, 9.17) is 16.2 Å². The number of nitro benzene ring substituents is 2. The standard InChI is InChI=1S/C6H3ClN2O7S/c7-3-1-2-4(8(10)11)6(17(14,15)16)5(3)9(12)13/h1-2H,(H,14,15,16). The van der Waals surface area contributed by atoms with Crippen molar-refractivity contribution in [2.45, 2.75) is 4.90 Å². The fraction of sp³-hybridized carbons (Fsp3) is 0. The third kappa shape index (κ3) is 2.49. The molecule has 17 heavy (non-hydrogen) atoms. The van der Waals surface area contributed by atoms with Crippen molar-refractivity contribution in [3.63, 3.8) is 0 Å². The molecule has 0 heterocycles. The first kappa shape index (κ1) is 13.3. The zero-order chi connectivity index (χ0) is 13.4. The molecule has 1 N–H and O–H groups in total. The summed E-state index contributed by atoms with van der Waals surface area (Å²) in [6, 6.07) is 1.45. The van der Waals surface area contributed by atoms with Crippen molar-refractivity contribution in [2.24, 2.45) is 0 Å². The van der Waals surface area contributed by atoms with E-state index >= 15 is 0 Å². The Kier molecular flexibility index (Phi) is 3.31. The molecule has 0 saturated carbocycles. The first-order chi connectivity index (χ1) is 7.66. The van der Waals surface area contributed by atoms with Gasteiger partial charge in [0.15, 0.2) is 0 Å². The highest BCUT2D eigenvalue weighted by Gasteiger charge is 2.36. The second kappa shape index (κ2) is 4.24. The average Bonchev–Trinajstić information content (AvgIpc) is 2.14. The lowest BCUT2D eigenvalue weighted by Crippen LogP contribution is -2.07. The largest absolute Gasteiger partial charge is 0.316 e. The minimum atomic E-state index is -5.14. The Hall–Kier alpha value is -1.78. The van der Waals surface area contributed by atoms with Crippen molar-refractivity contribution in [1.29, 1.82) is 0 Å². The predicted molar refractivity (Wildman–Crippen MR) is 54.6 cm³/mol. The van der Waals surface area contributed by atoms with E-state index in [9.17, 15) is 28.6 Å². The summed E-state index contributed by atoms with van der Waals surface area (Å²) in [7, 11) is -5.14. The highest BCUT2D eigenvalue weighted by atomic mass is 35.5. The maximum absolute atomic E-state index is 10.9. The average molecular weight is 283 g/mol. The fourth-order valence-electron chi connectivity index (χ4n) is 1.10. The highest BCUT2D eigenvalue weighted by Crippen LogP contribution is 2.38. The van der Waals surface area contributed by atoms with Crippen molar-refractivity contribution in [2.75, 3.05) is 0 Å². The van der Waals surface area contributed by atoms with Gasteiger partial charge in [0, 0.05) is 6.07 Å². The maximum atomic E-state index is 10.9. The molecule has 0 aromatic heterocycles. The Morgan fingerprint density at radius 2 is 1.71 bits per heavy atom. The minimum absolute atomic E-state index is 0.631. The number of rotatable bonds is 3. The Morgan fingerprint density at radius 3 is 2.06 bits per heavy atom. The number of hydrogen-bond donors (Lipinski definition) is 1. The van der Waals surface area contributed by atoms with Crippen molar-refractivity contribution in [3.8, 4) is 0 Å². The lowest BCUT2D eigenvalue weighted by atomic mass is 10.3. The second-order valence-electron chi connectivity index (χ2n) is 2.73. The van der Waals surface area contributed by atoms with E-state index in [2.05, 4.69) is 0 Å². The van der Waals surface area contributed by atoms with Crippen LogP contribution in [0.1, 0.15) is 0 Å². The SMILES string of the molecule is O=[N+]([O-])c1ccc(Cl)c([N+](=O)[O-])c1S(=O)(=O)O. The molecule has 0 amide bonds. The first-order valence-electron chi connectivity index (χ1n) is 3.75. The molecule has 1 aromatic rings. The minimum Gasteiger partial charge on any atom is -0.281 e. The van der Waals surface area contributed by atoms with Crippen LogP contribution in [0, 0.1) is 20.2 Å². The molecule has 0 aliphatic rings. The number of halogens is 1. The third-order valence-electron chi connectivity index (χ3n) is 1.70. The smallest absolute Gasteiger partial charge is 0.281 e. The molecule has 9 nitrogen and oxygen atoms in total. The summed E-state index contributed by atoms with van der Waals surface area (Å²) < 4.78 is 30.6. The molecule has 1 rings (SSSR count). The van der Waals surface area contributed by atoms with E-state index < -0.39 is 41.3 Å². The fourth-order valence-corrected chi connectivity index (χ4v) is 2.22. The van der Waals surface area contributed by atoms with Gasteiger partial charge in [-0.05, 0) is 6.07 Å². The topological polar surface area (TPSA) is 141 Å². The van der Waals surface area contributed by atoms with Crippen LogP contribution >= 0.6 is 11.6 Å². The van der Waals surface area contributed by atoms with Crippen LogP contribution < -0.4 is 0 Å². The van der Waals surface area contributed by atoms with Crippen LogP contribution in [-0.2, 0) is 10.1 Å². The van der Waals surface area contributed by atoms with Gasteiger partial charge in [0.25, 0.3) is 5.69 Å². The van der Waals surface area contributed by atoms with Crippen LogP contribution in [0.2, 0.25) is 5.02 Å². The molecule has 0 unspecified atom stereocenters.